The average Bonchev–Trinajstić information content (AvgIpc) is 2.82. The van der Waals surface area contributed by atoms with Gasteiger partial charge in [0.1, 0.15) is 4.88 Å². The summed E-state index contributed by atoms with van der Waals surface area (Å²) in [6, 6.07) is 3.55. The molecule has 0 atom stereocenters. The molecule has 1 aromatic heterocycles. The number of nitrogens with one attached hydrogen (secondary N) is 1. The number of nitrogen functional groups attached to an aromatic ring is 1. The number of aromatic nitrogens is 2. The van der Waals surface area contributed by atoms with E-state index in [0.29, 0.717) is 26.4 Å². The van der Waals surface area contributed by atoms with Gasteiger partial charge in [0.2, 0.25) is 0 Å². The second kappa shape index (κ2) is 6.02. The lowest BCUT2D eigenvalue weighted by Gasteiger charge is -2.16. The molecule has 0 spiro atoms. The molecule has 1 heterocycles. The number of amides is 1. The fourth-order valence-corrected chi connectivity index (χ4v) is 3.85. The van der Waals surface area contributed by atoms with Crippen molar-refractivity contribution in [1.82, 2.24) is 9.59 Å². The SMILES string of the molecule is CC(C)(C)c1nnsc1C(=O)Nc1c(N)cc(Br)cc1Br. The second-order valence-corrected chi connectivity index (χ2v) is 8.03. The molecule has 0 radical (unpaired) electrons. The quantitative estimate of drug-likeness (QED) is 0.695. The number of benzene rings is 1. The number of rotatable bonds is 2. The largest absolute Gasteiger partial charge is 0.397 e. The minimum Gasteiger partial charge on any atom is -0.397 e. The first kappa shape index (κ1) is 16.4. The molecule has 1 aromatic carbocycles. The molecule has 3 N–H and O–H groups in total. The molecule has 0 aliphatic rings. The lowest BCUT2D eigenvalue weighted by atomic mass is 9.91. The molecular weight excluding hydrogens is 420 g/mol. The molecule has 112 valence electrons. The molecule has 0 bridgehead atoms. The van der Waals surface area contributed by atoms with E-state index < -0.39 is 0 Å². The van der Waals surface area contributed by atoms with E-state index in [1.54, 1.807) is 6.07 Å². The highest BCUT2D eigenvalue weighted by molar-refractivity contribution is 9.11. The van der Waals surface area contributed by atoms with Crippen molar-refractivity contribution in [2.24, 2.45) is 0 Å². The van der Waals surface area contributed by atoms with Gasteiger partial charge in [-0.3, -0.25) is 4.79 Å². The monoisotopic (exact) mass is 432 g/mol. The van der Waals surface area contributed by atoms with Crippen molar-refractivity contribution in [3.8, 4) is 0 Å². The van der Waals surface area contributed by atoms with E-state index in [2.05, 4.69) is 46.8 Å². The molecule has 0 aliphatic carbocycles. The van der Waals surface area contributed by atoms with Gasteiger partial charge in [0.25, 0.3) is 5.91 Å². The Hall–Kier alpha value is -0.990. The van der Waals surface area contributed by atoms with Crippen molar-refractivity contribution in [1.29, 1.82) is 0 Å². The Balaban J connectivity index is 2.34. The fraction of sp³-hybridized carbons (Fsp3) is 0.308. The first-order valence-electron chi connectivity index (χ1n) is 6.09. The van der Waals surface area contributed by atoms with Gasteiger partial charge in [-0.2, -0.15) is 0 Å². The van der Waals surface area contributed by atoms with E-state index in [1.807, 2.05) is 26.8 Å². The maximum atomic E-state index is 12.5. The zero-order valence-electron chi connectivity index (χ0n) is 11.7. The third kappa shape index (κ3) is 3.61. The maximum absolute atomic E-state index is 12.5. The van der Waals surface area contributed by atoms with Crippen molar-refractivity contribution in [2.45, 2.75) is 26.2 Å². The van der Waals surface area contributed by atoms with E-state index in [1.165, 1.54) is 0 Å². The lowest BCUT2D eigenvalue weighted by Crippen LogP contribution is -2.20. The minimum absolute atomic E-state index is 0.248. The minimum atomic E-state index is -0.260. The van der Waals surface area contributed by atoms with Crippen LogP contribution in [0.15, 0.2) is 21.1 Å². The molecule has 1 amide bonds. The fourth-order valence-electron chi connectivity index (χ4n) is 1.73. The summed E-state index contributed by atoms with van der Waals surface area (Å²) in [7, 11) is 0. The predicted molar refractivity (Wildman–Crippen MR) is 92.8 cm³/mol. The number of carbonyl (C=O) groups excluding carboxylic acids is 1. The molecule has 0 saturated heterocycles. The number of nitrogens with two attached hydrogens (primary N) is 1. The highest BCUT2D eigenvalue weighted by Gasteiger charge is 2.26. The van der Waals surface area contributed by atoms with Gasteiger partial charge < -0.3 is 11.1 Å². The number of halogens is 2. The molecule has 0 fully saturated rings. The summed E-state index contributed by atoms with van der Waals surface area (Å²) in [5.74, 6) is -0.260. The third-order valence-corrected chi connectivity index (χ3v) is 4.54. The van der Waals surface area contributed by atoms with Gasteiger partial charge in [0.05, 0.1) is 17.1 Å². The molecule has 0 saturated carbocycles. The van der Waals surface area contributed by atoms with Gasteiger partial charge in [0.15, 0.2) is 0 Å². The van der Waals surface area contributed by atoms with Gasteiger partial charge in [0, 0.05) is 14.4 Å². The van der Waals surface area contributed by atoms with Crippen molar-refractivity contribution < 1.29 is 4.79 Å². The predicted octanol–water partition coefficient (Wildman–Crippen LogP) is 4.20. The molecule has 5 nitrogen and oxygen atoms in total. The zero-order chi connectivity index (χ0) is 15.8. The zero-order valence-corrected chi connectivity index (χ0v) is 15.7. The van der Waals surface area contributed by atoms with Crippen molar-refractivity contribution in [2.75, 3.05) is 11.1 Å². The third-order valence-electron chi connectivity index (χ3n) is 2.73. The molecule has 2 rings (SSSR count). The van der Waals surface area contributed by atoms with Crippen LogP contribution in [0.2, 0.25) is 0 Å². The number of nitrogens with zero attached hydrogens (tertiary/aromatic N) is 2. The summed E-state index contributed by atoms with van der Waals surface area (Å²) >= 11 is 7.82. The second-order valence-electron chi connectivity index (χ2n) is 5.51. The summed E-state index contributed by atoms with van der Waals surface area (Å²) in [6.45, 7) is 5.97. The van der Waals surface area contributed by atoms with Crippen molar-refractivity contribution in [3.63, 3.8) is 0 Å². The van der Waals surface area contributed by atoms with Gasteiger partial charge in [-0.25, -0.2) is 0 Å². The van der Waals surface area contributed by atoms with Gasteiger partial charge in [-0.05, 0) is 39.6 Å². The summed E-state index contributed by atoms with van der Waals surface area (Å²) in [5, 5.41) is 6.89. The lowest BCUT2D eigenvalue weighted by molar-refractivity contribution is 0.102. The molecule has 21 heavy (non-hydrogen) atoms. The highest BCUT2D eigenvalue weighted by atomic mass is 79.9. The van der Waals surface area contributed by atoms with E-state index in [4.69, 9.17) is 5.73 Å². The highest BCUT2D eigenvalue weighted by Crippen LogP contribution is 2.34. The molecular formula is C13H14Br2N4OS. The van der Waals surface area contributed by atoms with Crippen LogP contribution < -0.4 is 11.1 Å². The number of carbonyl (C=O) groups is 1. The van der Waals surface area contributed by atoms with Gasteiger partial charge >= 0.3 is 0 Å². The topological polar surface area (TPSA) is 80.9 Å². The smallest absolute Gasteiger partial charge is 0.269 e. The maximum Gasteiger partial charge on any atom is 0.269 e. The summed E-state index contributed by atoms with van der Waals surface area (Å²) in [6.07, 6.45) is 0. The molecule has 2 aromatic rings. The van der Waals surface area contributed by atoms with Gasteiger partial charge in [-0.1, -0.05) is 41.2 Å². The number of anilines is 2. The summed E-state index contributed by atoms with van der Waals surface area (Å²) < 4.78 is 5.43. The normalized spacial score (nSPS) is 11.5. The van der Waals surface area contributed by atoms with E-state index in [0.717, 1.165) is 16.0 Å². The Labute approximate surface area is 143 Å². The van der Waals surface area contributed by atoms with Crippen molar-refractivity contribution in [3.05, 3.63) is 31.6 Å². The average molecular weight is 434 g/mol. The Morgan fingerprint density at radius 1 is 1.33 bits per heavy atom. The van der Waals surface area contributed by atoms with Crippen LogP contribution >= 0.6 is 43.4 Å². The van der Waals surface area contributed by atoms with Crippen LogP contribution in [0.4, 0.5) is 11.4 Å². The summed E-state index contributed by atoms with van der Waals surface area (Å²) in [5.41, 5.74) is 7.38. The van der Waals surface area contributed by atoms with Crippen LogP contribution in [0.1, 0.15) is 36.1 Å². The van der Waals surface area contributed by atoms with E-state index in [9.17, 15) is 4.79 Å². The first-order chi connectivity index (χ1) is 9.70. The Bertz CT molecular complexity index is 671. The number of hydrogen-bond donors (Lipinski definition) is 2. The van der Waals surface area contributed by atoms with Gasteiger partial charge in [-0.15, -0.1) is 5.10 Å². The molecule has 8 heteroatoms. The number of hydrogen-bond acceptors (Lipinski definition) is 5. The van der Waals surface area contributed by atoms with Crippen LogP contribution in [-0.4, -0.2) is 15.5 Å². The van der Waals surface area contributed by atoms with E-state index in [-0.39, 0.29) is 11.3 Å². The Morgan fingerprint density at radius 3 is 2.57 bits per heavy atom. The van der Waals surface area contributed by atoms with Crippen LogP contribution in [-0.2, 0) is 5.41 Å². The summed E-state index contributed by atoms with van der Waals surface area (Å²) in [4.78, 5) is 13.0. The molecule has 0 aliphatic heterocycles. The Morgan fingerprint density at radius 2 is 2.00 bits per heavy atom. The standard InChI is InChI=1S/C13H14Br2N4OS/c1-13(2,3)11-10(21-19-18-11)12(20)17-9-7(15)4-6(14)5-8(9)16/h4-5H,16H2,1-3H3,(H,17,20). The molecule has 0 unspecified atom stereocenters. The van der Waals surface area contributed by atoms with E-state index >= 15 is 0 Å². The van der Waals surface area contributed by atoms with Crippen LogP contribution in [0.25, 0.3) is 0 Å². The van der Waals surface area contributed by atoms with Crippen molar-refractivity contribution >= 4 is 60.7 Å². The Kier molecular flexibility index (Phi) is 4.69. The van der Waals surface area contributed by atoms with Crippen LogP contribution in [0, 0.1) is 0 Å². The van der Waals surface area contributed by atoms with Crippen LogP contribution in [0.3, 0.4) is 0 Å². The first-order valence-corrected chi connectivity index (χ1v) is 8.45. The van der Waals surface area contributed by atoms with Crippen LogP contribution in [0.5, 0.6) is 0 Å².